The lowest BCUT2D eigenvalue weighted by Crippen LogP contribution is -2.30. The van der Waals surface area contributed by atoms with Crippen molar-refractivity contribution in [1.29, 1.82) is 0 Å². The predicted octanol–water partition coefficient (Wildman–Crippen LogP) is 11.8. The van der Waals surface area contributed by atoms with Crippen LogP contribution in [0.15, 0.2) is 0 Å². The molecule has 2 atom stereocenters. The van der Waals surface area contributed by atoms with Gasteiger partial charge in [0.1, 0.15) is 12.2 Å². The molecule has 0 aliphatic carbocycles. The van der Waals surface area contributed by atoms with Crippen LogP contribution in [-0.2, 0) is 19.1 Å². The molecular formula is C36H70O4. The van der Waals surface area contributed by atoms with Gasteiger partial charge >= 0.3 is 11.9 Å². The van der Waals surface area contributed by atoms with E-state index in [0.29, 0.717) is 12.8 Å². The van der Waals surface area contributed by atoms with Gasteiger partial charge in [-0.2, -0.15) is 0 Å². The van der Waals surface area contributed by atoms with Crippen LogP contribution in [0.2, 0.25) is 0 Å². The predicted molar refractivity (Wildman–Crippen MR) is 172 cm³/mol. The van der Waals surface area contributed by atoms with E-state index in [2.05, 4.69) is 13.8 Å². The fraction of sp³-hybridized carbons (Fsp3) is 0.944. The number of unbranched alkanes of at least 4 members (excludes halogenated alkanes) is 24. The maximum atomic E-state index is 12.2. The van der Waals surface area contributed by atoms with Gasteiger partial charge in [0.25, 0.3) is 0 Å². The molecule has 0 aromatic rings. The third-order valence-electron chi connectivity index (χ3n) is 8.26. The fourth-order valence-electron chi connectivity index (χ4n) is 5.30. The van der Waals surface area contributed by atoms with Crippen molar-refractivity contribution in [3.63, 3.8) is 0 Å². The zero-order valence-corrected chi connectivity index (χ0v) is 27.6. The van der Waals surface area contributed by atoms with Crippen LogP contribution in [0.4, 0.5) is 0 Å². The van der Waals surface area contributed by atoms with Crippen LogP contribution in [0.5, 0.6) is 0 Å². The Balaban J connectivity index is 3.54. The number of carbonyl (C=O) groups is 2. The van der Waals surface area contributed by atoms with E-state index in [9.17, 15) is 9.59 Å². The highest BCUT2D eigenvalue weighted by atomic mass is 16.6. The standard InChI is InChI=1S/C36H70O4/c1-5-7-9-11-13-15-17-19-21-23-25-27-29-31-35(37)39-33(3)34(4)40-36(38)32-30-28-26-24-22-20-18-16-14-12-10-8-6-2/h33-34H,5-32H2,1-4H3/t33-,34+. The lowest BCUT2D eigenvalue weighted by atomic mass is 10.0. The Kier molecular flexibility index (Phi) is 30.1. The van der Waals surface area contributed by atoms with E-state index in [1.807, 2.05) is 13.8 Å². The van der Waals surface area contributed by atoms with E-state index in [0.717, 1.165) is 25.7 Å². The Labute approximate surface area is 250 Å². The van der Waals surface area contributed by atoms with Gasteiger partial charge in [0.15, 0.2) is 0 Å². The van der Waals surface area contributed by atoms with Crippen LogP contribution in [0.1, 0.15) is 207 Å². The molecule has 4 heteroatoms. The van der Waals surface area contributed by atoms with Gasteiger partial charge in [0.05, 0.1) is 0 Å². The highest BCUT2D eigenvalue weighted by molar-refractivity contribution is 5.70. The molecule has 0 saturated carbocycles. The summed E-state index contributed by atoms with van der Waals surface area (Å²) in [4.78, 5) is 24.4. The SMILES string of the molecule is CCCCCCCCCCCCCCCC(=O)O[C@@H](C)[C@@H](C)OC(=O)CCCCCCCCCCCCCCC. The van der Waals surface area contributed by atoms with Crippen molar-refractivity contribution in [2.45, 2.75) is 220 Å². The molecule has 0 N–H and O–H groups in total. The first-order valence-electron chi connectivity index (χ1n) is 17.9. The second kappa shape index (κ2) is 30.9. The number of rotatable bonds is 31. The second-order valence-corrected chi connectivity index (χ2v) is 12.4. The summed E-state index contributed by atoms with van der Waals surface area (Å²) < 4.78 is 11.1. The average Bonchev–Trinajstić information content (AvgIpc) is 2.93. The lowest BCUT2D eigenvalue weighted by Gasteiger charge is -2.21. The Morgan fingerprint density at radius 2 is 0.575 bits per heavy atom. The van der Waals surface area contributed by atoms with Gasteiger partial charge in [-0.1, -0.05) is 168 Å². The van der Waals surface area contributed by atoms with E-state index in [1.54, 1.807) is 0 Å². The number of esters is 2. The van der Waals surface area contributed by atoms with Gasteiger partial charge in [0, 0.05) is 12.8 Å². The minimum atomic E-state index is -0.398. The zero-order valence-electron chi connectivity index (χ0n) is 27.6. The Morgan fingerprint density at radius 3 is 0.800 bits per heavy atom. The largest absolute Gasteiger partial charge is 0.459 e. The van der Waals surface area contributed by atoms with Crippen LogP contribution >= 0.6 is 0 Å². The highest BCUT2D eigenvalue weighted by Gasteiger charge is 2.20. The third-order valence-corrected chi connectivity index (χ3v) is 8.26. The molecule has 0 bridgehead atoms. The Bertz CT molecular complexity index is 499. The minimum Gasteiger partial charge on any atom is -0.459 e. The normalized spacial score (nSPS) is 12.8. The molecule has 0 saturated heterocycles. The van der Waals surface area contributed by atoms with Crippen LogP contribution in [0.3, 0.4) is 0 Å². The van der Waals surface area contributed by atoms with Gasteiger partial charge in [-0.15, -0.1) is 0 Å². The first-order valence-corrected chi connectivity index (χ1v) is 17.9. The van der Waals surface area contributed by atoms with Crippen molar-refractivity contribution < 1.29 is 19.1 Å². The summed E-state index contributed by atoms with van der Waals surface area (Å²) >= 11 is 0. The summed E-state index contributed by atoms with van der Waals surface area (Å²) in [5, 5.41) is 0. The van der Waals surface area contributed by atoms with E-state index in [1.165, 1.54) is 141 Å². The van der Waals surface area contributed by atoms with E-state index in [4.69, 9.17) is 9.47 Å². The molecule has 0 aliphatic rings. The number of hydrogen-bond acceptors (Lipinski definition) is 4. The van der Waals surface area contributed by atoms with Crippen molar-refractivity contribution in [1.82, 2.24) is 0 Å². The summed E-state index contributed by atoms with van der Waals surface area (Å²) in [5.41, 5.74) is 0. The molecule has 238 valence electrons. The number of carbonyl (C=O) groups excluding carboxylic acids is 2. The topological polar surface area (TPSA) is 52.6 Å². The summed E-state index contributed by atoms with van der Waals surface area (Å²) in [7, 11) is 0. The molecule has 0 unspecified atom stereocenters. The first kappa shape index (κ1) is 38.9. The quantitative estimate of drug-likeness (QED) is 0.0618. The molecule has 0 aromatic carbocycles. The Hall–Kier alpha value is -1.06. The smallest absolute Gasteiger partial charge is 0.306 e. The van der Waals surface area contributed by atoms with Crippen LogP contribution in [0.25, 0.3) is 0 Å². The van der Waals surface area contributed by atoms with Gasteiger partial charge < -0.3 is 9.47 Å². The minimum absolute atomic E-state index is 0.171. The molecule has 0 rings (SSSR count). The van der Waals surface area contributed by atoms with Crippen LogP contribution < -0.4 is 0 Å². The Morgan fingerprint density at radius 1 is 0.375 bits per heavy atom. The monoisotopic (exact) mass is 567 g/mol. The lowest BCUT2D eigenvalue weighted by molar-refractivity contribution is -0.165. The molecule has 0 aromatic heterocycles. The van der Waals surface area contributed by atoms with Crippen molar-refractivity contribution >= 4 is 11.9 Å². The molecule has 0 amide bonds. The average molecular weight is 567 g/mol. The molecule has 4 nitrogen and oxygen atoms in total. The molecule has 0 fully saturated rings. The fourth-order valence-corrected chi connectivity index (χ4v) is 5.30. The van der Waals surface area contributed by atoms with Gasteiger partial charge in [-0.25, -0.2) is 0 Å². The van der Waals surface area contributed by atoms with Crippen molar-refractivity contribution in [3.05, 3.63) is 0 Å². The maximum Gasteiger partial charge on any atom is 0.306 e. The summed E-state index contributed by atoms with van der Waals surface area (Å²) in [5.74, 6) is -0.343. The first-order chi connectivity index (χ1) is 19.5. The van der Waals surface area contributed by atoms with Crippen LogP contribution in [0, 0.1) is 0 Å². The third kappa shape index (κ3) is 28.5. The highest BCUT2D eigenvalue weighted by Crippen LogP contribution is 2.15. The van der Waals surface area contributed by atoms with Gasteiger partial charge in [-0.3, -0.25) is 9.59 Å². The summed E-state index contributed by atoms with van der Waals surface area (Å²) in [6.45, 7) is 8.19. The van der Waals surface area contributed by atoms with E-state index < -0.39 is 12.2 Å². The molecule has 0 spiro atoms. The molecule has 40 heavy (non-hydrogen) atoms. The zero-order chi connectivity index (χ0) is 29.5. The summed E-state index contributed by atoms with van der Waals surface area (Å²) in [6.07, 6.45) is 33.7. The molecular weight excluding hydrogens is 496 g/mol. The molecule has 0 aliphatic heterocycles. The van der Waals surface area contributed by atoms with E-state index >= 15 is 0 Å². The number of hydrogen-bond donors (Lipinski definition) is 0. The van der Waals surface area contributed by atoms with Crippen molar-refractivity contribution in [2.24, 2.45) is 0 Å². The van der Waals surface area contributed by atoms with Crippen LogP contribution in [-0.4, -0.2) is 24.1 Å². The van der Waals surface area contributed by atoms with Crippen molar-refractivity contribution in [2.75, 3.05) is 0 Å². The molecule has 0 heterocycles. The van der Waals surface area contributed by atoms with Gasteiger partial charge in [-0.05, 0) is 26.7 Å². The van der Waals surface area contributed by atoms with Gasteiger partial charge in [0.2, 0.25) is 0 Å². The maximum absolute atomic E-state index is 12.2. The number of ether oxygens (including phenoxy) is 2. The van der Waals surface area contributed by atoms with E-state index in [-0.39, 0.29) is 11.9 Å². The van der Waals surface area contributed by atoms with Crippen molar-refractivity contribution in [3.8, 4) is 0 Å². The summed E-state index contributed by atoms with van der Waals surface area (Å²) in [6, 6.07) is 0. The molecule has 0 radical (unpaired) electrons. The second-order valence-electron chi connectivity index (χ2n) is 12.4.